The molecule has 0 aliphatic rings. The quantitative estimate of drug-likeness (QED) is 0.510. The molecular formula is C19H13BrN4O. The molecule has 122 valence electrons. The summed E-state index contributed by atoms with van der Waals surface area (Å²) in [5.74, 6) is 0.0706. The molecule has 1 aromatic heterocycles. The van der Waals surface area contributed by atoms with Crippen molar-refractivity contribution in [2.24, 2.45) is 0 Å². The molecule has 0 amide bonds. The van der Waals surface area contributed by atoms with E-state index < -0.39 is 0 Å². The van der Waals surface area contributed by atoms with Crippen LogP contribution in [0.25, 0.3) is 16.7 Å². The van der Waals surface area contributed by atoms with Gasteiger partial charge in [0.05, 0.1) is 11.4 Å². The fourth-order valence-corrected chi connectivity index (χ4v) is 2.97. The van der Waals surface area contributed by atoms with Crippen molar-refractivity contribution >= 4 is 32.7 Å². The molecule has 0 spiro atoms. The standard InChI is InChI=1S/C19H13BrN4O/c20-13-7-9-18(25)15(11-13)19(21)12-6-8-16-17(10-12)23-24(22-16)14-4-2-1-3-5-14/h1-11,21,25H. The van der Waals surface area contributed by atoms with Gasteiger partial charge in [-0.25, -0.2) is 0 Å². The third kappa shape index (κ3) is 2.92. The van der Waals surface area contributed by atoms with E-state index in [9.17, 15) is 5.11 Å². The van der Waals surface area contributed by atoms with Crippen LogP contribution in [-0.4, -0.2) is 25.8 Å². The van der Waals surface area contributed by atoms with Crippen LogP contribution in [0.4, 0.5) is 0 Å². The van der Waals surface area contributed by atoms with Crippen LogP contribution in [0, 0.1) is 5.41 Å². The number of benzene rings is 3. The molecule has 4 rings (SSSR count). The van der Waals surface area contributed by atoms with Gasteiger partial charge in [0.25, 0.3) is 0 Å². The van der Waals surface area contributed by atoms with E-state index in [1.165, 1.54) is 0 Å². The zero-order valence-electron chi connectivity index (χ0n) is 13.0. The van der Waals surface area contributed by atoms with Crippen molar-refractivity contribution in [2.45, 2.75) is 0 Å². The molecule has 0 saturated carbocycles. The van der Waals surface area contributed by atoms with Gasteiger partial charge in [0.15, 0.2) is 0 Å². The second-order valence-corrected chi connectivity index (χ2v) is 6.48. The van der Waals surface area contributed by atoms with E-state index in [2.05, 4.69) is 26.1 Å². The van der Waals surface area contributed by atoms with Gasteiger partial charge in [-0.1, -0.05) is 40.2 Å². The summed E-state index contributed by atoms with van der Waals surface area (Å²) < 4.78 is 0.807. The Labute approximate surface area is 152 Å². The Morgan fingerprint density at radius 1 is 0.920 bits per heavy atom. The first-order valence-corrected chi connectivity index (χ1v) is 8.41. The Morgan fingerprint density at radius 3 is 2.48 bits per heavy atom. The molecule has 4 aromatic rings. The van der Waals surface area contributed by atoms with Crippen LogP contribution in [-0.2, 0) is 0 Å². The second kappa shape index (κ2) is 6.14. The summed E-state index contributed by atoms with van der Waals surface area (Å²) in [7, 11) is 0. The van der Waals surface area contributed by atoms with Crippen molar-refractivity contribution in [3.05, 3.63) is 82.3 Å². The third-order valence-electron chi connectivity index (χ3n) is 3.88. The molecule has 0 unspecified atom stereocenters. The molecule has 0 bridgehead atoms. The minimum absolute atomic E-state index is 0.0706. The largest absolute Gasteiger partial charge is 0.507 e. The highest BCUT2D eigenvalue weighted by Crippen LogP contribution is 2.25. The minimum atomic E-state index is 0.0706. The molecule has 2 N–H and O–H groups in total. The van der Waals surface area contributed by atoms with Gasteiger partial charge in [0.1, 0.15) is 16.8 Å². The van der Waals surface area contributed by atoms with Crippen molar-refractivity contribution in [3.63, 3.8) is 0 Å². The van der Waals surface area contributed by atoms with Crippen LogP contribution in [0.2, 0.25) is 0 Å². The van der Waals surface area contributed by atoms with Crippen molar-refractivity contribution in [2.75, 3.05) is 0 Å². The van der Waals surface area contributed by atoms with E-state index in [0.29, 0.717) is 16.6 Å². The van der Waals surface area contributed by atoms with Gasteiger partial charge in [-0.15, -0.1) is 10.2 Å². The van der Waals surface area contributed by atoms with Crippen LogP contribution in [0.15, 0.2) is 71.2 Å². The van der Waals surface area contributed by atoms with E-state index in [1.54, 1.807) is 23.0 Å². The number of halogens is 1. The van der Waals surface area contributed by atoms with E-state index in [0.717, 1.165) is 15.7 Å². The first-order valence-electron chi connectivity index (χ1n) is 7.62. The van der Waals surface area contributed by atoms with Crippen LogP contribution < -0.4 is 0 Å². The van der Waals surface area contributed by atoms with Gasteiger partial charge in [-0.3, -0.25) is 5.41 Å². The molecule has 5 nitrogen and oxygen atoms in total. The maximum Gasteiger partial charge on any atom is 0.125 e. The van der Waals surface area contributed by atoms with Gasteiger partial charge in [-0.05, 0) is 42.5 Å². The molecule has 0 radical (unpaired) electrons. The first-order chi connectivity index (χ1) is 12.1. The number of para-hydroxylation sites is 1. The maximum atomic E-state index is 10.0. The summed E-state index contributed by atoms with van der Waals surface area (Å²) in [4.78, 5) is 1.58. The topological polar surface area (TPSA) is 74.8 Å². The smallest absolute Gasteiger partial charge is 0.125 e. The molecule has 1 heterocycles. The van der Waals surface area contributed by atoms with Crippen molar-refractivity contribution in [3.8, 4) is 11.4 Å². The molecule has 0 aliphatic carbocycles. The van der Waals surface area contributed by atoms with E-state index in [1.807, 2.05) is 48.5 Å². The number of fused-ring (bicyclic) bond motifs is 1. The highest BCUT2D eigenvalue weighted by atomic mass is 79.9. The summed E-state index contributed by atoms with van der Waals surface area (Å²) in [6.07, 6.45) is 0. The summed E-state index contributed by atoms with van der Waals surface area (Å²) in [6.45, 7) is 0. The molecule has 0 fully saturated rings. The highest BCUT2D eigenvalue weighted by Gasteiger charge is 2.13. The van der Waals surface area contributed by atoms with Crippen molar-refractivity contribution in [1.29, 1.82) is 5.41 Å². The minimum Gasteiger partial charge on any atom is -0.507 e. The second-order valence-electron chi connectivity index (χ2n) is 5.56. The Hall–Kier alpha value is -2.99. The van der Waals surface area contributed by atoms with Gasteiger partial charge in [0, 0.05) is 15.6 Å². The predicted octanol–water partition coefficient (Wildman–Crippen LogP) is 4.30. The van der Waals surface area contributed by atoms with Gasteiger partial charge in [-0.2, -0.15) is 4.80 Å². The molecule has 0 atom stereocenters. The van der Waals surface area contributed by atoms with Gasteiger partial charge >= 0.3 is 0 Å². The van der Waals surface area contributed by atoms with Gasteiger partial charge < -0.3 is 5.11 Å². The zero-order valence-corrected chi connectivity index (χ0v) is 14.6. The molecule has 25 heavy (non-hydrogen) atoms. The molecule has 0 aliphatic heterocycles. The Balaban J connectivity index is 1.76. The number of phenols is 1. The van der Waals surface area contributed by atoms with Crippen molar-refractivity contribution in [1.82, 2.24) is 15.0 Å². The number of aromatic hydroxyl groups is 1. The predicted molar refractivity (Wildman–Crippen MR) is 101 cm³/mol. The first kappa shape index (κ1) is 15.5. The molecule has 6 heteroatoms. The fraction of sp³-hybridized carbons (Fsp3) is 0. The zero-order chi connectivity index (χ0) is 17.4. The number of phenolic OH excluding ortho intramolecular Hbond substituents is 1. The number of hydrogen-bond acceptors (Lipinski definition) is 4. The summed E-state index contributed by atoms with van der Waals surface area (Å²) in [5, 5.41) is 27.4. The fourth-order valence-electron chi connectivity index (χ4n) is 2.61. The summed E-state index contributed by atoms with van der Waals surface area (Å²) >= 11 is 3.37. The SMILES string of the molecule is N=C(c1ccc2nn(-c3ccccc3)nc2c1)c1cc(Br)ccc1O. The van der Waals surface area contributed by atoms with Crippen LogP contribution in [0.5, 0.6) is 5.75 Å². The Morgan fingerprint density at radius 2 is 1.68 bits per heavy atom. The number of rotatable bonds is 3. The monoisotopic (exact) mass is 392 g/mol. The molecule has 3 aromatic carbocycles. The number of nitrogens with zero attached hydrogens (tertiary/aromatic N) is 3. The maximum absolute atomic E-state index is 10.0. The lowest BCUT2D eigenvalue weighted by Gasteiger charge is -2.07. The van der Waals surface area contributed by atoms with Crippen LogP contribution in [0.3, 0.4) is 0 Å². The molecule has 0 saturated heterocycles. The van der Waals surface area contributed by atoms with E-state index >= 15 is 0 Å². The average Bonchev–Trinajstić information content (AvgIpc) is 3.07. The van der Waals surface area contributed by atoms with Crippen molar-refractivity contribution < 1.29 is 5.11 Å². The normalized spacial score (nSPS) is 10.9. The number of hydrogen-bond donors (Lipinski definition) is 2. The lowest BCUT2D eigenvalue weighted by atomic mass is 10.0. The Kier molecular flexibility index (Phi) is 3.82. The number of nitrogens with one attached hydrogen (secondary N) is 1. The van der Waals surface area contributed by atoms with E-state index in [-0.39, 0.29) is 11.5 Å². The lowest BCUT2D eigenvalue weighted by molar-refractivity contribution is 0.474. The highest BCUT2D eigenvalue weighted by molar-refractivity contribution is 9.10. The summed E-state index contributed by atoms with van der Waals surface area (Å²) in [6, 6.07) is 20.2. The third-order valence-corrected chi connectivity index (χ3v) is 4.38. The number of aromatic nitrogens is 3. The Bertz CT molecular complexity index is 1090. The lowest BCUT2D eigenvalue weighted by Crippen LogP contribution is -2.01. The van der Waals surface area contributed by atoms with Gasteiger partial charge in [0.2, 0.25) is 0 Å². The molecular weight excluding hydrogens is 380 g/mol. The van der Waals surface area contributed by atoms with Crippen LogP contribution >= 0.6 is 15.9 Å². The van der Waals surface area contributed by atoms with E-state index in [4.69, 9.17) is 5.41 Å². The van der Waals surface area contributed by atoms with Crippen LogP contribution in [0.1, 0.15) is 11.1 Å². The average molecular weight is 393 g/mol. The summed E-state index contributed by atoms with van der Waals surface area (Å²) in [5.41, 5.74) is 3.68.